The predicted molar refractivity (Wildman–Crippen MR) is 64.0 cm³/mol. The third kappa shape index (κ3) is 2.88. The van der Waals surface area contributed by atoms with Crippen molar-refractivity contribution in [2.24, 2.45) is 0 Å². The lowest BCUT2D eigenvalue weighted by molar-refractivity contribution is 0.383. The first kappa shape index (κ1) is 10.8. The van der Waals surface area contributed by atoms with E-state index in [1.807, 2.05) is 11.8 Å². The molecule has 1 aliphatic carbocycles. The van der Waals surface area contributed by atoms with Crippen LogP contribution in [0.25, 0.3) is 0 Å². The zero-order valence-corrected chi connectivity index (χ0v) is 9.96. The van der Waals surface area contributed by atoms with Gasteiger partial charge in [-0.05, 0) is 38.5 Å². The van der Waals surface area contributed by atoms with Crippen LogP contribution < -0.4 is 10.6 Å². The highest BCUT2D eigenvalue weighted by Gasteiger charge is 2.41. The van der Waals surface area contributed by atoms with Gasteiger partial charge in [-0.3, -0.25) is 0 Å². The molecule has 0 aromatic rings. The molecular weight excluding hydrogens is 192 g/mol. The molecule has 1 aliphatic heterocycles. The second-order valence-electron chi connectivity index (χ2n) is 4.66. The molecule has 2 nitrogen and oxygen atoms in total. The standard InChI is InChI=1S/C11H22N2S/c1-14-11(5-6-11)9-12-8-10-4-2-3-7-13-10/h10,12-13H,2-9H2,1H3. The Morgan fingerprint density at radius 2 is 2.29 bits per heavy atom. The molecule has 1 unspecified atom stereocenters. The van der Waals surface area contributed by atoms with E-state index in [9.17, 15) is 0 Å². The quantitative estimate of drug-likeness (QED) is 0.727. The van der Waals surface area contributed by atoms with E-state index in [1.165, 1.54) is 51.7 Å². The van der Waals surface area contributed by atoms with Gasteiger partial charge < -0.3 is 10.6 Å². The van der Waals surface area contributed by atoms with Gasteiger partial charge in [0, 0.05) is 23.9 Å². The Bertz CT molecular complexity index is 174. The average Bonchev–Trinajstić information content (AvgIpc) is 3.00. The molecule has 82 valence electrons. The summed E-state index contributed by atoms with van der Waals surface area (Å²) in [4.78, 5) is 0. The van der Waals surface area contributed by atoms with Crippen molar-refractivity contribution in [2.45, 2.75) is 42.9 Å². The second-order valence-corrected chi connectivity index (χ2v) is 5.94. The molecule has 1 heterocycles. The molecule has 14 heavy (non-hydrogen) atoms. The molecule has 2 N–H and O–H groups in total. The van der Waals surface area contributed by atoms with E-state index in [0.717, 1.165) is 6.04 Å². The van der Waals surface area contributed by atoms with E-state index in [4.69, 9.17) is 0 Å². The number of nitrogens with one attached hydrogen (secondary N) is 2. The van der Waals surface area contributed by atoms with Gasteiger partial charge >= 0.3 is 0 Å². The minimum absolute atomic E-state index is 0.620. The van der Waals surface area contributed by atoms with Crippen LogP contribution in [0.5, 0.6) is 0 Å². The first-order valence-electron chi connectivity index (χ1n) is 5.84. The van der Waals surface area contributed by atoms with Gasteiger partial charge in [0.2, 0.25) is 0 Å². The average molecular weight is 214 g/mol. The summed E-state index contributed by atoms with van der Waals surface area (Å²) in [5.41, 5.74) is 0. The molecule has 2 fully saturated rings. The molecule has 0 bridgehead atoms. The highest BCUT2D eigenvalue weighted by Crippen LogP contribution is 2.46. The summed E-state index contributed by atoms with van der Waals surface area (Å²) in [5.74, 6) is 0. The summed E-state index contributed by atoms with van der Waals surface area (Å²) in [6.45, 7) is 3.61. The van der Waals surface area contributed by atoms with Crippen molar-refractivity contribution in [2.75, 3.05) is 25.9 Å². The van der Waals surface area contributed by atoms with Gasteiger partial charge in [0.05, 0.1) is 0 Å². The lowest BCUT2D eigenvalue weighted by atomic mass is 10.1. The molecule has 0 radical (unpaired) electrons. The van der Waals surface area contributed by atoms with Gasteiger partial charge in [-0.1, -0.05) is 6.42 Å². The Balaban J connectivity index is 1.58. The lowest BCUT2D eigenvalue weighted by Gasteiger charge is -2.24. The second kappa shape index (κ2) is 4.86. The van der Waals surface area contributed by atoms with E-state index in [2.05, 4.69) is 16.9 Å². The van der Waals surface area contributed by atoms with Crippen molar-refractivity contribution >= 4 is 11.8 Å². The summed E-state index contributed by atoms with van der Waals surface area (Å²) in [6.07, 6.45) is 9.21. The lowest BCUT2D eigenvalue weighted by Crippen LogP contribution is -2.43. The Morgan fingerprint density at radius 3 is 2.86 bits per heavy atom. The molecule has 0 amide bonds. The van der Waals surface area contributed by atoms with Gasteiger partial charge in [-0.2, -0.15) is 11.8 Å². The van der Waals surface area contributed by atoms with Gasteiger partial charge in [0.1, 0.15) is 0 Å². The summed E-state index contributed by atoms with van der Waals surface area (Å²) in [6, 6.07) is 0.737. The molecule has 0 aromatic carbocycles. The van der Waals surface area contributed by atoms with Crippen LogP contribution in [0.2, 0.25) is 0 Å². The van der Waals surface area contributed by atoms with Gasteiger partial charge in [0.25, 0.3) is 0 Å². The van der Waals surface area contributed by atoms with Gasteiger partial charge in [-0.25, -0.2) is 0 Å². The maximum Gasteiger partial charge on any atom is 0.0282 e. The number of piperidine rings is 1. The van der Waals surface area contributed by atoms with Crippen molar-refractivity contribution in [1.82, 2.24) is 10.6 Å². The van der Waals surface area contributed by atoms with Crippen LogP contribution in [-0.4, -0.2) is 36.7 Å². The van der Waals surface area contributed by atoms with Crippen molar-refractivity contribution < 1.29 is 0 Å². The van der Waals surface area contributed by atoms with Gasteiger partial charge in [0.15, 0.2) is 0 Å². The van der Waals surface area contributed by atoms with Crippen LogP contribution in [0, 0.1) is 0 Å². The first-order chi connectivity index (χ1) is 6.85. The summed E-state index contributed by atoms with van der Waals surface area (Å²) in [7, 11) is 0. The number of thioether (sulfide) groups is 1. The first-order valence-corrected chi connectivity index (χ1v) is 7.06. The zero-order chi connectivity index (χ0) is 9.86. The smallest absolute Gasteiger partial charge is 0.0282 e. The molecule has 1 saturated heterocycles. The monoisotopic (exact) mass is 214 g/mol. The maximum atomic E-state index is 3.63. The Morgan fingerprint density at radius 1 is 1.43 bits per heavy atom. The van der Waals surface area contributed by atoms with E-state index >= 15 is 0 Å². The van der Waals surface area contributed by atoms with Crippen molar-refractivity contribution in [1.29, 1.82) is 0 Å². The number of hydrogen-bond donors (Lipinski definition) is 2. The summed E-state index contributed by atoms with van der Waals surface area (Å²) >= 11 is 2.04. The third-order valence-electron chi connectivity index (χ3n) is 3.49. The van der Waals surface area contributed by atoms with Crippen LogP contribution in [0.15, 0.2) is 0 Å². The molecule has 0 aromatic heterocycles. The molecule has 2 aliphatic rings. The van der Waals surface area contributed by atoms with Crippen molar-refractivity contribution in [3.8, 4) is 0 Å². The van der Waals surface area contributed by atoms with Crippen molar-refractivity contribution in [3.63, 3.8) is 0 Å². The predicted octanol–water partition coefficient (Wildman–Crippen LogP) is 1.61. The minimum atomic E-state index is 0.620. The van der Waals surface area contributed by atoms with Crippen molar-refractivity contribution in [3.05, 3.63) is 0 Å². The molecule has 1 atom stereocenters. The SMILES string of the molecule is CSC1(CNCC2CCCCN2)CC1. The Hall–Kier alpha value is 0.270. The van der Waals surface area contributed by atoms with Crippen LogP contribution in [0.3, 0.4) is 0 Å². The van der Waals surface area contributed by atoms with Crippen LogP contribution in [0.4, 0.5) is 0 Å². The normalized spacial score (nSPS) is 30.2. The summed E-state index contributed by atoms with van der Waals surface area (Å²) in [5, 5.41) is 7.20. The molecule has 2 rings (SSSR count). The zero-order valence-electron chi connectivity index (χ0n) is 9.14. The third-order valence-corrected chi connectivity index (χ3v) is 4.91. The topological polar surface area (TPSA) is 24.1 Å². The minimum Gasteiger partial charge on any atom is -0.314 e. The maximum absolute atomic E-state index is 3.63. The molecule has 0 spiro atoms. The van der Waals surface area contributed by atoms with E-state index < -0.39 is 0 Å². The Labute approximate surface area is 91.6 Å². The van der Waals surface area contributed by atoms with E-state index in [1.54, 1.807) is 0 Å². The van der Waals surface area contributed by atoms with E-state index in [0.29, 0.717) is 4.75 Å². The number of rotatable bonds is 5. The Kier molecular flexibility index (Phi) is 3.74. The van der Waals surface area contributed by atoms with Crippen LogP contribution in [-0.2, 0) is 0 Å². The fourth-order valence-electron chi connectivity index (χ4n) is 2.16. The largest absolute Gasteiger partial charge is 0.314 e. The van der Waals surface area contributed by atoms with Gasteiger partial charge in [-0.15, -0.1) is 0 Å². The van der Waals surface area contributed by atoms with Crippen LogP contribution in [0.1, 0.15) is 32.1 Å². The van der Waals surface area contributed by atoms with E-state index in [-0.39, 0.29) is 0 Å². The fraction of sp³-hybridized carbons (Fsp3) is 1.00. The molecule has 3 heteroatoms. The molecule has 1 saturated carbocycles. The molecular formula is C11H22N2S. The highest BCUT2D eigenvalue weighted by molar-refractivity contribution is 8.00. The fourth-order valence-corrected chi connectivity index (χ4v) is 2.92. The summed E-state index contributed by atoms with van der Waals surface area (Å²) < 4.78 is 0.620. The van der Waals surface area contributed by atoms with Crippen LogP contribution >= 0.6 is 11.8 Å². The number of hydrogen-bond acceptors (Lipinski definition) is 3. The highest BCUT2D eigenvalue weighted by atomic mass is 32.2.